The topological polar surface area (TPSA) is 98.7 Å². The molecule has 2 aliphatic rings. The summed E-state index contributed by atoms with van der Waals surface area (Å²) in [6.07, 6.45) is -1.94. The number of fused-ring (bicyclic) bond motifs is 1. The Morgan fingerprint density at radius 3 is 2.30 bits per heavy atom. The molecule has 0 unspecified atom stereocenters. The molecule has 1 aromatic carbocycles. The van der Waals surface area contributed by atoms with Gasteiger partial charge in [-0.15, -0.1) is 0 Å². The number of hydrogen-bond donors (Lipinski definition) is 2. The lowest BCUT2D eigenvalue weighted by atomic mass is 10.0. The molecule has 8 nitrogen and oxygen atoms in total. The Morgan fingerprint density at radius 1 is 1.03 bits per heavy atom. The number of para-hydroxylation sites is 1. The number of anilines is 2. The molecule has 0 spiro atoms. The zero-order valence-corrected chi connectivity index (χ0v) is 15.6. The number of halogens is 3. The molecule has 0 radical (unpaired) electrons. The third kappa shape index (κ3) is 3.74. The Labute approximate surface area is 169 Å². The van der Waals surface area contributed by atoms with Crippen LogP contribution in [0.25, 0.3) is 0 Å². The van der Waals surface area contributed by atoms with Gasteiger partial charge in [-0.3, -0.25) is 5.32 Å². The quantitative estimate of drug-likeness (QED) is 0.791. The second-order valence-electron chi connectivity index (χ2n) is 7.33. The van der Waals surface area contributed by atoms with Gasteiger partial charge in [-0.05, 0) is 12.1 Å². The first-order valence-corrected chi connectivity index (χ1v) is 9.25. The van der Waals surface area contributed by atoms with Crippen molar-refractivity contribution in [2.45, 2.75) is 6.18 Å². The van der Waals surface area contributed by atoms with E-state index in [0.717, 1.165) is 6.07 Å². The molecule has 4 rings (SSSR count). The number of rotatable bonds is 3. The number of carbonyl (C=O) groups is 2. The first-order chi connectivity index (χ1) is 14.2. The summed E-state index contributed by atoms with van der Waals surface area (Å²) in [5, 5.41) is 11.6. The van der Waals surface area contributed by atoms with Crippen LogP contribution in [0.15, 0.2) is 36.7 Å². The smallest absolute Gasteiger partial charge is 0.418 e. The minimum absolute atomic E-state index is 0.0258. The molecule has 0 saturated carbocycles. The van der Waals surface area contributed by atoms with Gasteiger partial charge in [-0.25, -0.2) is 19.6 Å². The monoisotopic (exact) mass is 421 g/mol. The molecule has 0 aliphatic carbocycles. The zero-order valence-electron chi connectivity index (χ0n) is 15.6. The van der Waals surface area contributed by atoms with E-state index in [9.17, 15) is 22.8 Å². The summed E-state index contributed by atoms with van der Waals surface area (Å²) in [7, 11) is 0. The summed E-state index contributed by atoms with van der Waals surface area (Å²) in [4.78, 5) is 34.5. The Balaban J connectivity index is 1.42. The number of likely N-dealkylation sites (tertiary alicyclic amines) is 1. The van der Waals surface area contributed by atoms with Crippen LogP contribution in [0.4, 0.5) is 29.5 Å². The van der Waals surface area contributed by atoms with Crippen LogP contribution in [0.2, 0.25) is 0 Å². The number of amides is 2. The lowest BCUT2D eigenvalue weighted by Gasteiger charge is -2.26. The second kappa shape index (κ2) is 7.47. The van der Waals surface area contributed by atoms with Gasteiger partial charge >= 0.3 is 18.2 Å². The third-order valence-corrected chi connectivity index (χ3v) is 5.45. The number of urea groups is 1. The highest BCUT2D eigenvalue weighted by molar-refractivity contribution is 5.97. The maximum Gasteiger partial charge on any atom is 0.418 e. The second-order valence-corrected chi connectivity index (χ2v) is 7.33. The highest BCUT2D eigenvalue weighted by Crippen LogP contribution is 2.40. The predicted octanol–water partition coefficient (Wildman–Crippen LogP) is 2.79. The number of carboxylic acid groups (broad SMARTS) is 1. The molecule has 2 N–H and O–H groups in total. The van der Waals surface area contributed by atoms with Crippen LogP contribution in [-0.4, -0.2) is 58.2 Å². The summed E-state index contributed by atoms with van der Waals surface area (Å²) in [6, 6.07) is 4.99. The first-order valence-electron chi connectivity index (χ1n) is 9.25. The maximum absolute atomic E-state index is 13.3. The molecule has 2 aliphatic heterocycles. The number of carbonyl (C=O) groups excluding carboxylic acids is 1. The number of hydrogen-bond acceptors (Lipinski definition) is 5. The van der Waals surface area contributed by atoms with Gasteiger partial charge in [0, 0.05) is 56.1 Å². The van der Waals surface area contributed by atoms with Crippen LogP contribution in [0.1, 0.15) is 16.1 Å². The van der Waals surface area contributed by atoms with Crippen molar-refractivity contribution < 1.29 is 27.9 Å². The van der Waals surface area contributed by atoms with Crippen LogP contribution >= 0.6 is 0 Å². The summed E-state index contributed by atoms with van der Waals surface area (Å²) in [5.41, 5.74) is -0.871. The van der Waals surface area contributed by atoms with Gasteiger partial charge in [-0.1, -0.05) is 12.1 Å². The van der Waals surface area contributed by atoms with Crippen molar-refractivity contribution in [3.8, 4) is 0 Å². The number of nitrogens with one attached hydrogen (secondary N) is 1. The summed E-state index contributed by atoms with van der Waals surface area (Å²) < 4.78 is 39.9. The zero-order chi connectivity index (χ0) is 21.5. The fourth-order valence-corrected chi connectivity index (χ4v) is 4.11. The minimum atomic E-state index is -4.43. The van der Waals surface area contributed by atoms with E-state index < -0.39 is 23.7 Å². The van der Waals surface area contributed by atoms with Crippen molar-refractivity contribution in [3.63, 3.8) is 0 Å². The molecule has 3 heterocycles. The molecule has 158 valence electrons. The number of aromatic carboxylic acids is 1. The van der Waals surface area contributed by atoms with E-state index in [2.05, 4.69) is 15.3 Å². The van der Waals surface area contributed by atoms with Crippen molar-refractivity contribution in [1.82, 2.24) is 14.9 Å². The van der Waals surface area contributed by atoms with Crippen molar-refractivity contribution in [2.75, 3.05) is 36.4 Å². The highest BCUT2D eigenvalue weighted by Gasteiger charge is 2.44. The van der Waals surface area contributed by atoms with Gasteiger partial charge < -0.3 is 14.9 Å². The molecule has 2 fully saturated rings. The standard InChI is InChI=1S/C19H18F3N5O3/c20-19(21,22)13-3-1-2-4-14(13)26-7-11-9-27(10-12(11)8-26)18(30)25-16-15(17(28)29)23-5-6-24-16/h1-6,11-12H,7-10H2,(H,28,29)(H,24,25,30)/t11-,12+. The van der Waals surface area contributed by atoms with E-state index >= 15 is 0 Å². The summed E-state index contributed by atoms with van der Waals surface area (Å²) in [5.74, 6) is -1.40. The molecular weight excluding hydrogens is 403 g/mol. The largest absolute Gasteiger partial charge is 0.476 e. The van der Waals surface area contributed by atoms with Crippen LogP contribution in [0, 0.1) is 11.8 Å². The molecule has 11 heteroatoms. The Bertz CT molecular complexity index is 970. The first kappa shape index (κ1) is 19.9. The lowest BCUT2D eigenvalue weighted by molar-refractivity contribution is -0.137. The Hall–Kier alpha value is -3.37. The van der Waals surface area contributed by atoms with Crippen molar-refractivity contribution in [3.05, 3.63) is 47.9 Å². The van der Waals surface area contributed by atoms with Crippen molar-refractivity contribution in [2.24, 2.45) is 11.8 Å². The molecule has 0 bridgehead atoms. The number of carboxylic acids is 1. The van der Waals surface area contributed by atoms with Crippen LogP contribution < -0.4 is 10.2 Å². The molecule has 2 atom stereocenters. The van der Waals surface area contributed by atoms with E-state index in [1.54, 1.807) is 11.0 Å². The SMILES string of the molecule is O=C(O)c1nccnc1NC(=O)N1C[C@@H]2CN(c3ccccc3C(F)(F)F)C[C@@H]2C1. The highest BCUT2D eigenvalue weighted by atomic mass is 19.4. The Kier molecular flexibility index (Phi) is 4.96. The van der Waals surface area contributed by atoms with Gasteiger partial charge in [0.1, 0.15) is 0 Å². The average Bonchev–Trinajstić information content (AvgIpc) is 3.27. The number of benzene rings is 1. The summed E-state index contributed by atoms with van der Waals surface area (Å²) in [6.45, 7) is 1.55. The molecule has 2 amide bonds. The fourth-order valence-electron chi connectivity index (χ4n) is 4.11. The normalized spacial score (nSPS) is 20.9. The number of nitrogens with zero attached hydrogens (tertiary/aromatic N) is 4. The summed E-state index contributed by atoms with van der Waals surface area (Å²) >= 11 is 0. The third-order valence-electron chi connectivity index (χ3n) is 5.45. The van der Waals surface area contributed by atoms with Gasteiger partial charge in [-0.2, -0.15) is 13.2 Å². The fraction of sp³-hybridized carbons (Fsp3) is 0.368. The van der Waals surface area contributed by atoms with Gasteiger partial charge in [0.05, 0.1) is 5.56 Å². The molecule has 30 heavy (non-hydrogen) atoms. The van der Waals surface area contributed by atoms with Crippen LogP contribution in [0.3, 0.4) is 0 Å². The van der Waals surface area contributed by atoms with E-state index in [0.29, 0.717) is 26.2 Å². The van der Waals surface area contributed by atoms with Crippen LogP contribution in [0.5, 0.6) is 0 Å². The van der Waals surface area contributed by atoms with E-state index in [4.69, 9.17) is 5.11 Å². The average molecular weight is 421 g/mol. The van der Waals surface area contributed by atoms with Gasteiger partial charge in [0.2, 0.25) is 0 Å². The van der Waals surface area contributed by atoms with Gasteiger partial charge in [0.15, 0.2) is 11.5 Å². The van der Waals surface area contributed by atoms with E-state index in [1.807, 2.05) is 0 Å². The van der Waals surface area contributed by atoms with Crippen LogP contribution in [-0.2, 0) is 6.18 Å². The van der Waals surface area contributed by atoms with E-state index in [1.165, 1.54) is 29.4 Å². The molecule has 2 aromatic rings. The molecular formula is C19H18F3N5O3. The van der Waals surface area contributed by atoms with Crippen molar-refractivity contribution >= 4 is 23.5 Å². The van der Waals surface area contributed by atoms with E-state index in [-0.39, 0.29) is 29.0 Å². The number of aromatic nitrogens is 2. The molecule has 2 saturated heterocycles. The van der Waals surface area contributed by atoms with Gasteiger partial charge in [0.25, 0.3) is 0 Å². The Morgan fingerprint density at radius 2 is 1.67 bits per heavy atom. The van der Waals surface area contributed by atoms with Crippen molar-refractivity contribution in [1.29, 1.82) is 0 Å². The molecule has 1 aromatic heterocycles. The number of alkyl halides is 3. The minimum Gasteiger partial charge on any atom is -0.476 e. The predicted molar refractivity (Wildman–Crippen MR) is 100 cm³/mol. The maximum atomic E-state index is 13.3. The lowest BCUT2D eigenvalue weighted by Crippen LogP contribution is -2.37.